The van der Waals surface area contributed by atoms with Gasteiger partial charge in [-0.3, -0.25) is 14.8 Å². The minimum absolute atomic E-state index is 0.135. The Bertz CT molecular complexity index is 629. The molecule has 0 aromatic carbocycles. The van der Waals surface area contributed by atoms with Gasteiger partial charge in [0, 0.05) is 50.1 Å². The lowest BCUT2D eigenvalue weighted by atomic mass is 9.95. The minimum Gasteiger partial charge on any atom is -0.342 e. The van der Waals surface area contributed by atoms with Gasteiger partial charge in [0.25, 0.3) is 0 Å². The third-order valence-corrected chi connectivity index (χ3v) is 3.90. The van der Waals surface area contributed by atoms with Crippen molar-refractivity contribution in [3.8, 4) is 11.3 Å². The van der Waals surface area contributed by atoms with Crippen molar-refractivity contribution in [2.45, 2.75) is 25.7 Å². The zero-order valence-corrected chi connectivity index (χ0v) is 12.1. The van der Waals surface area contributed by atoms with E-state index >= 15 is 0 Å². The molecule has 1 amide bonds. The Hall–Kier alpha value is -2.30. The number of amides is 1. The molecule has 2 aromatic heterocycles. The summed E-state index contributed by atoms with van der Waals surface area (Å²) in [7, 11) is 0. The first-order valence-electron chi connectivity index (χ1n) is 7.22. The zero-order valence-electron chi connectivity index (χ0n) is 12.1. The van der Waals surface area contributed by atoms with Crippen LogP contribution in [0.5, 0.6) is 0 Å². The van der Waals surface area contributed by atoms with E-state index in [0.717, 1.165) is 42.9 Å². The van der Waals surface area contributed by atoms with Gasteiger partial charge >= 0.3 is 0 Å². The maximum Gasteiger partial charge on any atom is 0.219 e. The average Bonchev–Trinajstić information content (AvgIpc) is 2.56. The van der Waals surface area contributed by atoms with Crippen molar-refractivity contribution in [2.24, 2.45) is 0 Å². The third kappa shape index (κ3) is 3.07. The van der Waals surface area contributed by atoms with Crippen molar-refractivity contribution in [2.75, 3.05) is 13.1 Å². The number of piperidine rings is 1. The second kappa shape index (κ2) is 5.99. The van der Waals surface area contributed by atoms with Crippen molar-refractivity contribution in [3.63, 3.8) is 0 Å². The van der Waals surface area contributed by atoms with Crippen LogP contribution in [0.4, 0.5) is 0 Å². The van der Waals surface area contributed by atoms with Crippen LogP contribution < -0.4 is 0 Å². The van der Waals surface area contributed by atoms with E-state index < -0.39 is 0 Å². The van der Waals surface area contributed by atoms with Crippen molar-refractivity contribution < 1.29 is 4.79 Å². The number of aromatic nitrogens is 3. The summed E-state index contributed by atoms with van der Waals surface area (Å²) >= 11 is 0. The Morgan fingerprint density at radius 1 is 1.29 bits per heavy atom. The second-order valence-corrected chi connectivity index (χ2v) is 5.38. The van der Waals surface area contributed by atoms with E-state index in [2.05, 4.69) is 9.97 Å². The highest BCUT2D eigenvalue weighted by molar-refractivity contribution is 5.73. The van der Waals surface area contributed by atoms with E-state index in [-0.39, 0.29) is 11.8 Å². The summed E-state index contributed by atoms with van der Waals surface area (Å²) in [5, 5.41) is 0. The number of pyridine rings is 1. The molecule has 108 valence electrons. The summed E-state index contributed by atoms with van der Waals surface area (Å²) in [6.45, 7) is 3.21. The first-order chi connectivity index (χ1) is 10.2. The number of nitrogens with zero attached hydrogens (tertiary/aromatic N) is 4. The smallest absolute Gasteiger partial charge is 0.219 e. The van der Waals surface area contributed by atoms with Crippen LogP contribution in [-0.2, 0) is 4.79 Å². The van der Waals surface area contributed by atoms with E-state index in [9.17, 15) is 4.79 Å². The number of carbonyl (C=O) groups is 1. The molecule has 1 aliphatic rings. The summed E-state index contributed by atoms with van der Waals surface area (Å²) in [5.74, 6) is 0.405. The van der Waals surface area contributed by atoms with Crippen LogP contribution in [0.2, 0.25) is 0 Å². The standard InChI is InChI=1S/C16H18N4O/c1-12(21)20-7-3-5-14(11-20)16-10-18-9-15(19-16)13-4-2-6-17-8-13/h2,4,6,8-10,14H,3,5,7,11H2,1H3/t14-/m1/s1. The van der Waals surface area contributed by atoms with E-state index in [1.165, 1.54) is 0 Å². The molecule has 21 heavy (non-hydrogen) atoms. The maximum atomic E-state index is 11.5. The normalized spacial score (nSPS) is 18.5. The van der Waals surface area contributed by atoms with Gasteiger partial charge in [-0.2, -0.15) is 0 Å². The number of hydrogen-bond donors (Lipinski definition) is 0. The SMILES string of the molecule is CC(=O)N1CCC[C@@H](c2cncc(-c3cccnc3)n2)C1. The molecule has 0 unspecified atom stereocenters. The Labute approximate surface area is 124 Å². The highest BCUT2D eigenvalue weighted by Gasteiger charge is 2.24. The highest BCUT2D eigenvalue weighted by atomic mass is 16.2. The predicted molar refractivity (Wildman–Crippen MR) is 79.5 cm³/mol. The molecule has 5 heteroatoms. The van der Waals surface area contributed by atoms with Crippen LogP contribution in [0, 0.1) is 0 Å². The second-order valence-electron chi connectivity index (χ2n) is 5.38. The summed E-state index contributed by atoms with van der Waals surface area (Å²) in [6.07, 6.45) is 9.17. The van der Waals surface area contributed by atoms with Crippen LogP contribution in [-0.4, -0.2) is 38.8 Å². The Kier molecular flexibility index (Phi) is 3.90. The van der Waals surface area contributed by atoms with Crippen LogP contribution in [0.1, 0.15) is 31.4 Å². The Morgan fingerprint density at radius 3 is 2.95 bits per heavy atom. The molecule has 1 atom stereocenters. The molecule has 0 saturated carbocycles. The van der Waals surface area contributed by atoms with Crippen LogP contribution in [0.3, 0.4) is 0 Å². The van der Waals surface area contributed by atoms with Gasteiger partial charge in [0.1, 0.15) is 0 Å². The first-order valence-corrected chi connectivity index (χ1v) is 7.22. The van der Waals surface area contributed by atoms with Crippen molar-refractivity contribution >= 4 is 5.91 Å². The molecule has 0 spiro atoms. The molecule has 0 aliphatic carbocycles. The van der Waals surface area contributed by atoms with Gasteiger partial charge in [0.15, 0.2) is 0 Å². The molecule has 1 saturated heterocycles. The molecule has 0 N–H and O–H groups in total. The number of likely N-dealkylation sites (tertiary alicyclic amines) is 1. The third-order valence-electron chi connectivity index (χ3n) is 3.90. The maximum absolute atomic E-state index is 11.5. The summed E-state index contributed by atoms with van der Waals surface area (Å²) in [4.78, 5) is 26.6. The van der Waals surface area contributed by atoms with Gasteiger partial charge in [-0.1, -0.05) is 0 Å². The fourth-order valence-corrected chi connectivity index (χ4v) is 2.74. The monoisotopic (exact) mass is 282 g/mol. The zero-order chi connectivity index (χ0) is 14.7. The summed E-state index contributed by atoms with van der Waals surface area (Å²) in [6, 6.07) is 3.87. The minimum atomic E-state index is 0.135. The van der Waals surface area contributed by atoms with E-state index in [1.807, 2.05) is 23.2 Å². The molecule has 3 rings (SSSR count). The number of carbonyl (C=O) groups excluding carboxylic acids is 1. The molecular weight excluding hydrogens is 264 g/mol. The van der Waals surface area contributed by atoms with Crippen LogP contribution >= 0.6 is 0 Å². The lowest BCUT2D eigenvalue weighted by Crippen LogP contribution is -2.37. The Morgan fingerprint density at radius 2 is 2.19 bits per heavy atom. The quantitative estimate of drug-likeness (QED) is 0.847. The molecule has 0 radical (unpaired) electrons. The van der Waals surface area contributed by atoms with Gasteiger partial charge < -0.3 is 4.90 Å². The van der Waals surface area contributed by atoms with Crippen molar-refractivity contribution in [3.05, 3.63) is 42.6 Å². The molecule has 1 fully saturated rings. The van der Waals surface area contributed by atoms with Gasteiger partial charge in [0.2, 0.25) is 5.91 Å². The molecule has 0 bridgehead atoms. The van der Waals surface area contributed by atoms with Crippen molar-refractivity contribution in [1.82, 2.24) is 19.9 Å². The van der Waals surface area contributed by atoms with Gasteiger partial charge in [-0.25, -0.2) is 4.98 Å². The fraction of sp³-hybridized carbons (Fsp3) is 0.375. The van der Waals surface area contributed by atoms with Gasteiger partial charge in [-0.05, 0) is 25.0 Å². The lowest BCUT2D eigenvalue weighted by molar-refractivity contribution is -0.130. The Balaban J connectivity index is 1.84. The highest BCUT2D eigenvalue weighted by Crippen LogP contribution is 2.26. The van der Waals surface area contributed by atoms with E-state index in [0.29, 0.717) is 0 Å². The van der Waals surface area contributed by atoms with Crippen molar-refractivity contribution in [1.29, 1.82) is 0 Å². The van der Waals surface area contributed by atoms with E-state index in [4.69, 9.17) is 4.98 Å². The molecule has 3 heterocycles. The largest absolute Gasteiger partial charge is 0.342 e. The van der Waals surface area contributed by atoms with Crippen LogP contribution in [0.25, 0.3) is 11.3 Å². The summed E-state index contributed by atoms with van der Waals surface area (Å²) in [5.41, 5.74) is 2.76. The molecule has 1 aliphatic heterocycles. The van der Waals surface area contributed by atoms with Gasteiger partial charge in [-0.15, -0.1) is 0 Å². The first kappa shape index (κ1) is 13.7. The molecular formula is C16H18N4O. The lowest BCUT2D eigenvalue weighted by Gasteiger charge is -2.31. The molecule has 5 nitrogen and oxygen atoms in total. The fourth-order valence-electron chi connectivity index (χ4n) is 2.74. The number of hydrogen-bond acceptors (Lipinski definition) is 4. The average molecular weight is 282 g/mol. The summed E-state index contributed by atoms with van der Waals surface area (Å²) < 4.78 is 0. The van der Waals surface area contributed by atoms with Crippen LogP contribution in [0.15, 0.2) is 36.9 Å². The predicted octanol–water partition coefficient (Wildman–Crippen LogP) is 2.26. The number of rotatable bonds is 2. The molecule has 2 aromatic rings. The van der Waals surface area contributed by atoms with E-state index in [1.54, 1.807) is 25.5 Å². The van der Waals surface area contributed by atoms with Gasteiger partial charge in [0.05, 0.1) is 17.6 Å². The topological polar surface area (TPSA) is 59.0 Å².